The molecule has 2 amide bonds. The quantitative estimate of drug-likeness (QED) is 0.836. The molecule has 1 aromatic rings. The monoisotopic (exact) mass is 296 g/mol. The molecule has 7 heteroatoms. The third kappa shape index (κ3) is 3.36. The number of rotatable bonds is 2. The first kappa shape index (κ1) is 14.5. The molecule has 2 rings (SSSR count). The lowest BCUT2D eigenvalue weighted by Crippen LogP contribution is -2.37. The zero-order valence-corrected chi connectivity index (χ0v) is 11.9. The van der Waals surface area contributed by atoms with Gasteiger partial charge in [0.25, 0.3) is 5.91 Å². The minimum absolute atomic E-state index is 0.0344. The van der Waals surface area contributed by atoms with Gasteiger partial charge in [-0.15, -0.1) is 0 Å². The largest absolute Gasteiger partial charge is 0.354 e. The van der Waals surface area contributed by atoms with Crippen molar-refractivity contribution in [3.63, 3.8) is 0 Å². The number of benzene rings is 1. The van der Waals surface area contributed by atoms with E-state index in [0.717, 1.165) is 6.26 Å². The van der Waals surface area contributed by atoms with Crippen LogP contribution in [0.4, 0.5) is 0 Å². The summed E-state index contributed by atoms with van der Waals surface area (Å²) in [6.07, 6.45) is 1.82. The van der Waals surface area contributed by atoms with Crippen LogP contribution in [0.25, 0.3) is 0 Å². The van der Waals surface area contributed by atoms with Gasteiger partial charge in [0.05, 0.1) is 11.4 Å². The predicted molar refractivity (Wildman–Crippen MR) is 73.1 cm³/mol. The van der Waals surface area contributed by atoms with Crippen molar-refractivity contribution in [1.82, 2.24) is 10.2 Å². The van der Waals surface area contributed by atoms with Gasteiger partial charge in [-0.05, 0) is 30.7 Å². The van der Waals surface area contributed by atoms with Crippen LogP contribution in [0.5, 0.6) is 0 Å². The second kappa shape index (κ2) is 5.62. The number of amides is 2. The minimum atomic E-state index is -3.27. The lowest BCUT2D eigenvalue weighted by atomic mass is 10.2. The zero-order chi connectivity index (χ0) is 14.8. The highest BCUT2D eigenvalue weighted by molar-refractivity contribution is 7.90. The van der Waals surface area contributed by atoms with Crippen molar-refractivity contribution in [2.45, 2.75) is 11.3 Å². The van der Waals surface area contributed by atoms with Crippen LogP contribution < -0.4 is 5.32 Å². The molecule has 0 atom stereocenters. The van der Waals surface area contributed by atoms with Gasteiger partial charge in [0, 0.05) is 24.9 Å². The van der Waals surface area contributed by atoms with Gasteiger partial charge in [-0.3, -0.25) is 9.59 Å². The molecule has 0 spiro atoms. The molecule has 1 N–H and O–H groups in total. The van der Waals surface area contributed by atoms with Crippen LogP contribution in [0, 0.1) is 0 Å². The van der Waals surface area contributed by atoms with Crippen LogP contribution >= 0.6 is 0 Å². The Balaban J connectivity index is 2.18. The Morgan fingerprint density at radius 3 is 2.50 bits per heavy atom. The zero-order valence-electron chi connectivity index (χ0n) is 11.1. The molecule has 108 valence electrons. The number of nitrogens with zero attached hydrogens (tertiary/aromatic N) is 1. The molecule has 1 aliphatic rings. The predicted octanol–water partition coefficient (Wildman–Crippen LogP) is 0.0522. The summed E-state index contributed by atoms with van der Waals surface area (Å²) in [6.45, 7) is 1.10. The van der Waals surface area contributed by atoms with Crippen molar-refractivity contribution < 1.29 is 18.0 Å². The third-order valence-electron chi connectivity index (χ3n) is 3.08. The maximum Gasteiger partial charge on any atom is 0.254 e. The molecule has 1 fully saturated rings. The lowest BCUT2D eigenvalue weighted by molar-refractivity contribution is -0.121. The Labute approximate surface area is 117 Å². The Bertz CT molecular complexity index is 622. The van der Waals surface area contributed by atoms with Crippen molar-refractivity contribution in [2.75, 3.05) is 25.9 Å². The number of sulfone groups is 1. The van der Waals surface area contributed by atoms with Gasteiger partial charge in [-0.1, -0.05) is 0 Å². The van der Waals surface area contributed by atoms with E-state index < -0.39 is 9.84 Å². The van der Waals surface area contributed by atoms with Crippen LogP contribution in [0.2, 0.25) is 0 Å². The van der Waals surface area contributed by atoms with Gasteiger partial charge in [0.2, 0.25) is 5.91 Å². The molecular weight excluding hydrogens is 280 g/mol. The number of hydrogen-bond donors (Lipinski definition) is 1. The molecule has 1 aliphatic heterocycles. The van der Waals surface area contributed by atoms with Crippen molar-refractivity contribution in [3.8, 4) is 0 Å². The van der Waals surface area contributed by atoms with E-state index in [-0.39, 0.29) is 23.3 Å². The van der Waals surface area contributed by atoms with E-state index in [2.05, 4.69) is 5.32 Å². The summed E-state index contributed by atoms with van der Waals surface area (Å²) in [5.41, 5.74) is 0.382. The highest BCUT2D eigenvalue weighted by Crippen LogP contribution is 2.12. The summed E-state index contributed by atoms with van der Waals surface area (Å²) in [6, 6.07) is 5.75. The van der Waals surface area contributed by atoms with E-state index in [1.807, 2.05) is 0 Å². The minimum Gasteiger partial charge on any atom is -0.354 e. The average molecular weight is 296 g/mol. The van der Waals surface area contributed by atoms with E-state index in [0.29, 0.717) is 25.1 Å². The Morgan fingerprint density at radius 1 is 1.25 bits per heavy atom. The molecule has 1 heterocycles. The second-order valence-corrected chi connectivity index (χ2v) is 6.74. The van der Waals surface area contributed by atoms with Crippen molar-refractivity contribution in [1.29, 1.82) is 0 Å². The number of carbonyl (C=O) groups is 2. The van der Waals surface area contributed by atoms with Crippen molar-refractivity contribution >= 4 is 21.7 Å². The van der Waals surface area contributed by atoms with Gasteiger partial charge in [-0.25, -0.2) is 8.42 Å². The topological polar surface area (TPSA) is 83.6 Å². The van der Waals surface area contributed by atoms with Gasteiger partial charge in [0.15, 0.2) is 9.84 Å². The molecular formula is C13H16N2O4S. The van der Waals surface area contributed by atoms with E-state index in [1.54, 1.807) is 0 Å². The smallest absolute Gasteiger partial charge is 0.254 e. The first-order chi connectivity index (χ1) is 9.38. The van der Waals surface area contributed by atoms with E-state index in [1.165, 1.54) is 29.2 Å². The molecule has 0 aromatic heterocycles. The SMILES string of the molecule is CS(=O)(=O)c1ccc(C(=O)N2CCCNC(=O)C2)cc1. The Kier molecular flexibility index (Phi) is 4.08. The second-order valence-electron chi connectivity index (χ2n) is 4.73. The van der Waals surface area contributed by atoms with Crippen LogP contribution in [0.15, 0.2) is 29.2 Å². The van der Waals surface area contributed by atoms with Gasteiger partial charge >= 0.3 is 0 Å². The summed E-state index contributed by atoms with van der Waals surface area (Å²) in [5, 5.41) is 2.70. The first-order valence-corrected chi connectivity index (χ1v) is 8.13. The maximum absolute atomic E-state index is 12.3. The Morgan fingerprint density at radius 2 is 1.90 bits per heavy atom. The molecule has 1 saturated heterocycles. The Hall–Kier alpha value is -1.89. The molecule has 0 saturated carbocycles. The van der Waals surface area contributed by atoms with Crippen molar-refractivity contribution in [2.24, 2.45) is 0 Å². The fourth-order valence-electron chi connectivity index (χ4n) is 2.01. The summed E-state index contributed by atoms with van der Waals surface area (Å²) >= 11 is 0. The number of nitrogens with one attached hydrogen (secondary N) is 1. The van der Waals surface area contributed by atoms with Crippen LogP contribution in [-0.2, 0) is 14.6 Å². The van der Waals surface area contributed by atoms with Crippen LogP contribution in [0.3, 0.4) is 0 Å². The fraction of sp³-hybridized carbons (Fsp3) is 0.385. The maximum atomic E-state index is 12.3. The fourth-order valence-corrected chi connectivity index (χ4v) is 2.64. The van der Waals surface area contributed by atoms with E-state index >= 15 is 0 Å². The van der Waals surface area contributed by atoms with E-state index in [4.69, 9.17) is 0 Å². The third-order valence-corrected chi connectivity index (χ3v) is 4.21. The average Bonchev–Trinajstić information content (AvgIpc) is 2.62. The summed E-state index contributed by atoms with van der Waals surface area (Å²) in [7, 11) is -3.27. The summed E-state index contributed by atoms with van der Waals surface area (Å²) < 4.78 is 22.7. The van der Waals surface area contributed by atoms with Crippen LogP contribution in [-0.4, -0.2) is 51.0 Å². The molecule has 0 aliphatic carbocycles. The highest BCUT2D eigenvalue weighted by Gasteiger charge is 2.21. The van der Waals surface area contributed by atoms with Gasteiger partial charge in [-0.2, -0.15) is 0 Å². The van der Waals surface area contributed by atoms with Crippen molar-refractivity contribution in [3.05, 3.63) is 29.8 Å². The van der Waals surface area contributed by atoms with Gasteiger partial charge in [0.1, 0.15) is 0 Å². The molecule has 0 bridgehead atoms. The van der Waals surface area contributed by atoms with Gasteiger partial charge < -0.3 is 10.2 Å². The van der Waals surface area contributed by atoms with Crippen LogP contribution in [0.1, 0.15) is 16.8 Å². The highest BCUT2D eigenvalue weighted by atomic mass is 32.2. The standard InChI is InChI=1S/C13H16N2O4S/c1-20(18,19)11-5-3-10(4-6-11)13(17)15-8-2-7-14-12(16)9-15/h3-6H,2,7-9H2,1H3,(H,14,16). The molecule has 1 aromatic carbocycles. The van der Waals surface area contributed by atoms with E-state index in [9.17, 15) is 18.0 Å². The number of carbonyl (C=O) groups excluding carboxylic acids is 2. The molecule has 6 nitrogen and oxygen atoms in total. The molecule has 0 radical (unpaired) electrons. The lowest BCUT2D eigenvalue weighted by Gasteiger charge is -2.19. The number of hydrogen-bond acceptors (Lipinski definition) is 4. The normalized spacial score (nSPS) is 16.4. The first-order valence-electron chi connectivity index (χ1n) is 6.24. The molecule has 0 unspecified atom stereocenters. The summed E-state index contributed by atoms with van der Waals surface area (Å²) in [4.78, 5) is 25.3. The molecule has 20 heavy (non-hydrogen) atoms. The summed E-state index contributed by atoms with van der Waals surface area (Å²) in [5.74, 6) is -0.439.